The number of nitrogens with zero attached hydrogens (tertiary/aromatic N) is 7. The van der Waals surface area contributed by atoms with Crippen LogP contribution >= 0.6 is 69.1 Å². The van der Waals surface area contributed by atoms with E-state index in [4.69, 9.17) is 71.5 Å². The third-order valence-corrected chi connectivity index (χ3v) is 17.7. The number of halogens is 4. The van der Waals surface area contributed by atoms with E-state index in [9.17, 15) is 20.1 Å². The lowest BCUT2D eigenvalue weighted by Gasteiger charge is -2.34. The van der Waals surface area contributed by atoms with Crippen LogP contribution < -0.4 is 0 Å². The summed E-state index contributed by atoms with van der Waals surface area (Å²) in [7, 11) is 0. The van der Waals surface area contributed by atoms with Crippen LogP contribution in [-0.2, 0) is 33.9 Å². The maximum absolute atomic E-state index is 11.4. The van der Waals surface area contributed by atoms with Crippen LogP contribution in [0.2, 0.25) is 20.1 Å². The Balaban J connectivity index is 0.000000157. The molecule has 0 spiro atoms. The van der Waals surface area contributed by atoms with E-state index in [2.05, 4.69) is 35.1 Å². The van der Waals surface area contributed by atoms with Gasteiger partial charge in [-0.1, -0.05) is 62.8 Å². The van der Waals surface area contributed by atoms with Gasteiger partial charge in [0, 0.05) is 63.6 Å². The highest BCUT2D eigenvalue weighted by molar-refractivity contribution is 7.19. The van der Waals surface area contributed by atoms with Crippen molar-refractivity contribution in [2.24, 2.45) is 0 Å². The van der Waals surface area contributed by atoms with Crippen LogP contribution in [0.15, 0.2) is 70.2 Å². The first-order chi connectivity index (χ1) is 35.3. The number of ether oxygens (including phenoxy) is 2. The minimum Gasteiger partial charge on any atom is -0.478 e. The first-order valence-electron chi connectivity index (χ1n) is 23.9. The maximum atomic E-state index is 11.4. The zero-order chi connectivity index (χ0) is 50.6. The molecule has 6 heterocycles. The number of carbonyl (C=O) groups is 1. The molecule has 2 aromatic carbocycles. The molecule has 73 heavy (non-hydrogen) atoms. The number of carboxylic acids is 1. The van der Waals surface area contributed by atoms with Gasteiger partial charge >= 0.3 is 5.97 Å². The fourth-order valence-corrected chi connectivity index (χ4v) is 13.0. The number of hydrogen-bond donors (Lipinski definition) is 3. The van der Waals surface area contributed by atoms with Gasteiger partial charge in [-0.05, 0) is 107 Å². The third kappa shape index (κ3) is 10.4. The topological polar surface area (TPSA) is 204 Å². The number of aromatic carboxylic acids is 1. The molecule has 12 rings (SSSR count). The summed E-state index contributed by atoms with van der Waals surface area (Å²) in [6.07, 6.45) is 15.2. The average molecular weight is 1100 g/mol. The molecule has 4 saturated carbocycles. The van der Waals surface area contributed by atoms with Crippen molar-refractivity contribution in [1.29, 1.82) is 0 Å². The molecular formula is C52H45Cl4N7O8S2. The van der Waals surface area contributed by atoms with Crippen LogP contribution in [0.5, 0.6) is 0 Å². The van der Waals surface area contributed by atoms with E-state index in [-0.39, 0.29) is 17.8 Å². The average Bonchev–Trinajstić information content (AvgIpc) is 4.22. The van der Waals surface area contributed by atoms with E-state index in [0.717, 1.165) is 63.2 Å². The molecule has 15 nitrogen and oxygen atoms in total. The highest BCUT2D eigenvalue weighted by Crippen LogP contribution is 2.49. The van der Waals surface area contributed by atoms with Gasteiger partial charge in [-0.15, -0.1) is 22.7 Å². The third-order valence-electron chi connectivity index (χ3n) is 14.1. The van der Waals surface area contributed by atoms with Gasteiger partial charge in [-0.2, -0.15) is 0 Å². The summed E-state index contributed by atoms with van der Waals surface area (Å²) in [6.45, 7) is 7.86. The SMILES string of the molecule is O=C(O)c1ccc2nc(C3(O)CCC(OCc4c(-c5c(Cl)cncc5Cl)noc4C4CC4)CC3)sc2c1.[C-]#[N+]c1ccc2nc(C3(O)CCC(OCc4c(-c5c(Cl)cncc5Cl)noc4C4CC4)CC3)sc2c1. The Morgan fingerprint density at radius 1 is 0.658 bits per heavy atom. The number of hydrogen-bond acceptors (Lipinski definition) is 15. The van der Waals surface area contributed by atoms with E-state index in [1.165, 1.54) is 41.1 Å². The van der Waals surface area contributed by atoms with Gasteiger partial charge in [0.05, 0.1) is 73.4 Å². The number of rotatable bonds is 13. The molecule has 4 aliphatic rings. The van der Waals surface area contributed by atoms with E-state index in [1.54, 1.807) is 30.6 Å². The maximum Gasteiger partial charge on any atom is 0.335 e. The Labute approximate surface area is 446 Å². The van der Waals surface area contributed by atoms with Gasteiger partial charge in [0.15, 0.2) is 5.69 Å². The summed E-state index contributed by atoms with van der Waals surface area (Å²) in [5.74, 6) is 1.36. The zero-order valence-corrected chi connectivity index (χ0v) is 43.5. The number of aromatic nitrogens is 6. The molecule has 4 fully saturated rings. The molecule has 21 heteroatoms. The van der Waals surface area contributed by atoms with E-state index < -0.39 is 17.2 Å². The summed E-state index contributed by atoms with van der Waals surface area (Å²) in [5.41, 5.74) is 4.38. The monoisotopic (exact) mass is 1100 g/mol. The van der Waals surface area contributed by atoms with Crippen LogP contribution in [0.3, 0.4) is 0 Å². The lowest BCUT2D eigenvalue weighted by molar-refractivity contribution is -0.0641. The summed E-state index contributed by atoms with van der Waals surface area (Å²) in [5, 5.41) is 43.6. The second-order valence-electron chi connectivity index (χ2n) is 19.1. The predicted molar refractivity (Wildman–Crippen MR) is 278 cm³/mol. The summed E-state index contributed by atoms with van der Waals surface area (Å²) < 4.78 is 25.8. The minimum absolute atomic E-state index is 0.00782. The van der Waals surface area contributed by atoms with Gasteiger partial charge < -0.3 is 33.8 Å². The molecule has 3 N–H and O–H groups in total. The summed E-state index contributed by atoms with van der Waals surface area (Å²) in [4.78, 5) is 32.1. The Morgan fingerprint density at radius 3 is 1.49 bits per heavy atom. The lowest BCUT2D eigenvalue weighted by atomic mass is 9.83. The molecule has 6 aromatic heterocycles. The van der Waals surface area contributed by atoms with Crippen LogP contribution in [0, 0.1) is 6.57 Å². The quantitative estimate of drug-likeness (QED) is 0.0920. The van der Waals surface area contributed by atoms with Crippen molar-refractivity contribution in [3.05, 3.63) is 131 Å². The highest BCUT2D eigenvalue weighted by atomic mass is 35.5. The van der Waals surface area contributed by atoms with E-state index in [0.29, 0.717) is 140 Å². The fourth-order valence-electron chi connectivity index (χ4n) is 9.66. The zero-order valence-electron chi connectivity index (χ0n) is 38.8. The van der Waals surface area contributed by atoms with E-state index >= 15 is 0 Å². The van der Waals surface area contributed by atoms with Gasteiger partial charge in [0.1, 0.15) is 44.1 Å². The van der Waals surface area contributed by atoms with Gasteiger partial charge in [0.2, 0.25) is 0 Å². The van der Waals surface area contributed by atoms with Gasteiger partial charge in [-0.25, -0.2) is 19.6 Å². The van der Waals surface area contributed by atoms with Crippen molar-refractivity contribution >= 4 is 101 Å². The molecule has 0 saturated heterocycles. The van der Waals surface area contributed by atoms with Crippen molar-refractivity contribution in [2.75, 3.05) is 0 Å². The van der Waals surface area contributed by atoms with Crippen molar-refractivity contribution in [2.45, 2.75) is 126 Å². The van der Waals surface area contributed by atoms with Crippen molar-refractivity contribution in [1.82, 2.24) is 30.2 Å². The molecule has 8 aromatic rings. The van der Waals surface area contributed by atoms with Crippen molar-refractivity contribution in [3.8, 4) is 22.5 Å². The van der Waals surface area contributed by atoms with Crippen LogP contribution in [0.4, 0.5) is 5.69 Å². The van der Waals surface area contributed by atoms with Crippen molar-refractivity contribution < 1.29 is 38.6 Å². The largest absolute Gasteiger partial charge is 0.478 e. The summed E-state index contributed by atoms with van der Waals surface area (Å²) >= 11 is 28.4. The number of pyridine rings is 2. The number of fused-ring (bicyclic) bond motifs is 2. The smallest absolute Gasteiger partial charge is 0.335 e. The highest BCUT2D eigenvalue weighted by Gasteiger charge is 2.41. The molecule has 0 atom stereocenters. The summed E-state index contributed by atoms with van der Waals surface area (Å²) in [6, 6.07) is 10.3. The Kier molecular flexibility index (Phi) is 14.1. The molecule has 0 aliphatic heterocycles. The number of carboxylic acid groups (broad SMARTS) is 1. The lowest BCUT2D eigenvalue weighted by Crippen LogP contribution is -2.34. The molecule has 376 valence electrons. The predicted octanol–water partition coefficient (Wildman–Crippen LogP) is 14.0. The number of benzene rings is 2. The van der Waals surface area contributed by atoms with E-state index in [1.807, 2.05) is 12.1 Å². The molecule has 4 aliphatic carbocycles. The Bertz CT molecular complexity index is 3380. The molecule has 0 unspecified atom stereocenters. The van der Waals surface area contributed by atoms with Gasteiger partial charge in [0.25, 0.3) is 0 Å². The molecule has 0 bridgehead atoms. The van der Waals surface area contributed by atoms with Crippen molar-refractivity contribution in [3.63, 3.8) is 0 Å². The second kappa shape index (κ2) is 20.6. The standard InChI is InChI=1S/C26H22Cl2N4O3S.C26H23Cl2N3O5S/c1-29-15-4-5-20-21(10-15)36-25(31-20)26(33)8-6-16(7-9-26)34-13-17-23(32-35-24(17)14-2-3-14)22-18(27)11-30-12-19(22)28;27-17-10-29-11-18(28)21(17)22-16(23(36-31-22)13-1-2-13)12-35-15-5-7-26(34,8-6-15)25-30-19-4-3-14(24(32)33)9-20(19)37-25/h4-5,10-12,14,16,33H,2-3,6-9,13H2;3-4,9-11,13,15,34H,1-2,5-8,12H2,(H,32,33). The second-order valence-corrected chi connectivity index (χ2v) is 22.8. The molecular weight excluding hydrogens is 1060 g/mol. The molecule has 0 radical (unpaired) electrons. The number of aliphatic hydroxyl groups is 2. The van der Waals surface area contributed by atoms with Crippen LogP contribution in [0.25, 0.3) is 47.8 Å². The van der Waals surface area contributed by atoms with Crippen LogP contribution in [0.1, 0.15) is 132 Å². The van der Waals surface area contributed by atoms with Gasteiger partial charge in [-0.3, -0.25) is 9.97 Å². The minimum atomic E-state index is -1.06. The molecule has 0 amide bonds. The Hall–Kier alpha value is -5.10. The fraction of sp³-hybridized carbons (Fsp3) is 0.385. The first kappa shape index (κ1) is 50.1. The van der Waals surface area contributed by atoms with Crippen LogP contribution in [-0.4, -0.2) is 63.7 Å². The first-order valence-corrected chi connectivity index (χ1v) is 27.1. The normalized spacial score (nSPS) is 22.0. The number of thiazole rings is 2. The Morgan fingerprint density at radius 2 is 1.08 bits per heavy atom.